The molecule has 25 heavy (non-hydrogen) atoms. The van der Waals surface area contributed by atoms with E-state index in [1.54, 1.807) is 11.4 Å². The molecule has 1 aromatic carbocycles. The van der Waals surface area contributed by atoms with Gasteiger partial charge in [-0.3, -0.25) is 10.1 Å². The number of aromatic nitrogens is 2. The second kappa shape index (κ2) is 7.69. The number of amides is 1. The lowest BCUT2D eigenvalue weighted by molar-refractivity contribution is -0.152. The van der Waals surface area contributed by atoms with Crippen LogP contribution in [0.25, 0.3) is 22.7 Å². The van der Waals surface area contributed by atoms with E-state index in [-0.39, 0.29) is 18.3 Å². The summed E-state index contributed by atoms with van der Waals surface area (Å²) in [4.78, 5) is 27.3. The first-order chi connectivity index (χ1) is 12.2. The molecule has 0 aliphatic carbocycles. The molecular formula is C16H14N4O4S. The van der Waals surface area contributed by atoms with Crippen LogP contribution < -0.4 is 11.1 Å². The molecule has 128 valence electrons. The molecule has 0 fully saturated rings. The van der Waals surface area contributed by atoms with Crippen LogP contribution in [0.5, 0.6) is 0 Å². The van der Waals surface area contributed by atoms with Gasteiger partial charge >= 0.3 is 11.9 Å². The van der Waals surface area contributed by atoms with Crippen LogP contribution in [0, 0.1) is 0 Å². The van der Waals surface area contributed by atoms with E-state index in [1.165, 1.54) is 0 Å². The van der Waals surface area contributed by atoms with Crippen LogP contribution in [0.2, 0.25) is 0 Å². The van der Waals surface area contributed by atoms with Crippen molar-refractivity contribution in [3.8, 4) is 22.7 Å². The first kappa shape index (κ1) is 16.8. The van der Waals surface area contributed by atoms with Crippen LogP contribution in [0.3, 0.4) is 0 Å². The molecule has 0 atom stereocenters. The van der Waals surface area contributed by atoms with Gasteiger partial charge in [0.05, 0.1) is 0 Å². The number of hydrogen-bond donors (Lipinski definition) is 2. The van der Waals surface area contributed by atoms with Crippen molar-refractivity contribution in [2.75, 3.05) is 18.5 Å². The second-order valence-corrected chi connectivity index (χ2v) is 5.72. The van der Waals surface area contributed by atoms with Gasteiger partial charge in [0, 0.05) is 23.6 Å². The summed E-state index contributed by atoms with van der Waals surface area (Å²) in [6.45, 7) is 0.130. The summed E-state index contributed by atoms with van der Waals surface area (Å²) in [5, 5.41) is 8.32. The minimum absolute atomic E-state index is 0.0182. The third-order valence-corrected chi connectivity index (χ3v) is 3.85. The standard InChI is InChI=1S/C16H14N4O4S/c17-6-7-23-15(22)14(21)19-16-18-12(9-25-16)13-8-11(20-24-13)10-4-2-1-3-5-10/h1-5,8-9H,6-7,17H2,(H,18,19,21). The summed E-state index contributed by atoms with van der Waals surface area (Å²) in [7, 11) is 0. The molecule has 0 saturated carbocycles. The Bertz CT molecular complexity index is 875. The monoisotopic (exact) mass is 358 g/mol. The van der Waals surface area contributed by atoms with Gasteiger partial charge in [0.1, 0.15) is 18.0 Å². The van der Waals surface area contributed by atoms with E-state index in [0.29, 0.717) is 17.1 Å². The normalized spacial score (nSPS) is 10.4. The predicted octanol–water partition coefficient (Wildman–Crippen LogP) is 1.91. The van der Waals surface area contributed by atoms with Gasteiger partial charge in [-0.1, -0.05) is 35.5 Å². The van der Waals surface area contributed by atoms with E-state index in [4.69, 9.17) is 10.3 Å². The smallest absolute Gasteiger partial charge is 0.397 e. The average Bonchev–Trinajstić information content (AvgIpc) is 3.29. The molecule has 3 aromatic rings. The maximum Gasteiger partial charge on any atom is 0.397 e. The number of nitrogens with zero attached hydrogens (tertiary/aromatic N) is 2. The summed E-state index contributed by atoms with van der Waals surface area (Å²) in [5.41, 5.74) is 7.31. The predicted molar refractivity (Wildman–Crippen MR) is 91.7 cm³/mol. The molecule has 0 saturated heterocycles. The van der Waals surface area contributed by atoms with Gasteiger partial charge in [-0.15, -0.1) is 11.3 Å². The van der Waals surface area contributed by atoms with Gasteiger partial charge in [-0.25, -0.2) is 9.78 Å². The zero-order chi connectivity index (χ0) is 17.6. The van der Waals surface area contributed by atoms with Crippen molar-refractivity contribution >= 4 is 28.3 Å². The Morgan fingerprint density at radius 2 is 2.04 bits per heavy atom. The molecule has 2 aromatic heterocycles. The Morgan fingerprint density at radius 1 is 1.24 bits per heavy atom. The Kier molecular flexibility index (Phi) is 5.17. The number of esters is 1. The summed E-state index contributed by atoms with van der Waals surface area (Å²) in [5.74, 6) is -1.45. The minimum atomic E-state index is -1.01. The summed E-state index contributed by atoms with van der Waals surface area (Å²) in [6, 6.07) is 11.3. The van der Waals surface area contributed by atoms with E-state index >= 15 is 0 Å². The highest BCUT2D eigenvalue weighted by Crippen LogP contribution is 2.28. The SMILES string of the molecule is NCCOC(=O)C(=O)Nc1nc(-c2cc(-c3ccccc3)no2)cs1. The summed E-state index contributed by atoms with van der Waals surface area (Å²) >= 11 is 1.16. The lowest BCUT2D eigenvalue weighted by Crippen LogP contribution is -2.26. The Hall–Kier alpha value is -3.04. The van der Waals surface area contributed by atoms with Crippen LogP contribution in [0.1, 0.15) is 0 Å². The highest BCUT2D eigenvalue weighted by Gasteiger charge is 2.18. The van der Waals surface area contributed by atoms with E-state index in [1.807, 2.05) is 30.3 Å². The molecule has 1 amide bonds. The van der Waals surface area contributed by atoms with Crippen molar-refractivity contribution in [3.63, 3.8) is 0 Å². The topological polar surface area (TPSA) is 120 Å². The number of benzene rings is 1. The minimum Gasteiger partial charge on any atom is -0.457 e. The number of carbonyl (C=O) groups excluding carboxylic acids is 2. The van der Waals surface area contributed by atoms with Crippen LogP contribution in [-0.4, -0.2) is 35.2 Å². The molecule has 0 aliphatic heterocycles. The number of nitrogens with two attached hydrogens (primary N) is 1. The Morgan fingerprint density at radius 3 is 2.80 bits per heavy atom. The highest BCUT2D eigenvalue weighted by molar-refractivity contribution is 7.14. The summed E-state index contributed by atoms with van der Waals surface area (Å²) in [6.07, 6.45) is 0. The lowest BCUT2D eigenvalue weighted by atomic mass is 10.1. The quantitative estimate of drug-likeness (QED) is 0.528. The Labute approximate surface area is 146 Å². The fourth-order valence-corrected chi connectivity index (χ4v) is 2.65. The number of anilines is 1. The lowest BCUT2D eigenvalue weighted by Gasteiger charge is -2.01. The maximum atomic E-state index is 11.7. The van der Waals surface area contributed by atoms with Gasteiger partial charge in [0.2, 0.25) is 0 Å². The molecule has 9 heteroatoms. The van der Waals surface area contributed by atoms with Crippen molar-refractivity contribution in [1.82, 2.24) is 10.1 Å². The number of thiazole rings is 1. The van der Waals surface area contributed by atoms with E-state index < -0.39 is 11.9 Å². The third-order valence-electron chi connectivity index (χ3n) is 3.09. The number of ether oxygens (including phenoxy) is 1. The van der Waals surface area contributed by atoms with Crippen LogP contribution >= 0.6 is 11.3 Å². The molecule has 0 aliphatic rings. The zero-order valence-corrected chi connectivity index (χ0v) is 13.8. The van der Waals surface area contributed by atoms with E-state index in [9.17, 15) is 9.59 Å². The van der Waals surface area contributed by atoms with Gasteiger partial charge < -0.3 is 15.0 Å². The van der Waals surface area contributed by atoms with Crippen LogP contribution in [0.15, 0.2) is 46.3 Å². The summed E-state index contributed by atoms with van der Waals surface area (Å²) < 4.78 is 9.94. The van der Waals surface area contributed by atoms with Crippen molar-refractivity contribution in [2.45, 2.75) is 0 Å². The fourth-order valence-electron chi connectivity index (χ4n) is 1.95. The molecule has 8 nitrogen and oxygen atoms in total. The number of nitrogens with one attached hydrogen (secondary N) is 1. The average molecular weight is 358 g/mol. The maximum absolute atomic E-state index is 11.7. The number of hydrogen-bond acceptors (Lipinski definition) is 8. The van der Waals surface area contributed by atoms with Gasteiger partial charge in [0.25, 0.3) is 0 Å². The molecule has 2 heterocycles. The first-order valence-electron chi connectivity index (χ1n) is 7.33. The van der Waals surface area contributed by atoms with Crippen LogP contribution in [-0.2, 0) is 14.3 Å². The van der Waals surface area contributed by atoms with E-state index in [0.717, 1.165) is 16.9 Å². The highest BCUT2D eigenvalue weighted by atomic mass is 32.1. The van der Waals surface area contributed by atoms with Gasteiger partial charge in [-0.2, -0.15) is 0 Å². The molecular weight excluding hydrogens is 344 g/mol. The van der Waals surface area contributed by atoms with Gasteiger partial charge in [-0.05, 0) is 0 Å². The number of rotatable bonds is 5. The van der Waals surface area contributed by atoms with Crippen molar-refractivity contribution in [1.29, 1.82) is 0 Å². The number of carbonyl (C=O) groups is 2. The van der Waals surface area contributed by atoms with E-state index in [2.05, 4.69) is 20.2 Å². The second-order valence-electron chi connectivity index (χ2n) is 4.86. The van der Waals surface area contributed by atoms with Crippen LogP contribution in [0.4, 0.5) is 5.13 Å². The first-order valence-corrected chi connectivity index (χ1v) is 8.21. The molecule has 0 bridgehead atoms. The van der Waals surface area contributed by atoms with Gasteiger partial charge in [0.15, 0.2) is 10.9 Å². The van der Waals surface area contributed by atoms with Crippen molar-refractivity contribution in [3.05, 3.63) is 41.8 Å². The Balaban J connectivity index is 1.69. The zero-order valence-electron chi connectivity index (χ0n) is 13.0. The molecule has 0 radical (unpaired) electrons. The third kappa shape index (κ3) is 4.08. The molecule has 3 N–H and O–H groups in total. The molecule has 0 unspecified atom stereocenters. The largest absolute Gasteiger partial charge is 0.457 e. The molecule has 3 rings (SSSR count). The fraction of sp³-hybridized carbons (Fsp3) is 0.125. The van der Waals surface area contributed by atoms with Crippen molar-refractivity contribution in [2.24, 2.45) is 5.73 Å². The molecule has 0 spiro atoms. The van der Waals surface area contributed by atoms with Crippen molar-refractivity contribution < 1.29 is 18.8 Å².